The molecule has 2 aromatic rings. The first-order chi connectivity index (χ1) is 7.79. The minimum atomic E-state index is -0.469. The maximum Gasteiger partial charge on any atom is 0.506 e. The van der Waals surface area contributed by atoms with Crippen molar-refractivity contribution in [1.29, 1.82) is 0 Å². The summed E-state index contributed by atoms with van der Waals surface area (Å²) in [4.78, 5) is 0. The number of halogens is 2. The molecule has 0 N–H and O–H groups in total. The van der Waals surface area contributed by atoms with Crippen molar-refractivity contribution in [2.75, 3.05) is 0 Å². The Labute approximate surface area is 109 Å². The predicted octanol–water partition coefficient (Wildman–Crippen LogP) is 3.26. The molecular weight excluding hydrogens is 283 g/mol. The van der Waals surface area contributed by atoms with Crippen molar-refractivity contribution in [3.63, 3.8) is 0 Å². The van der Waals surface area contributed by atoms with Gasteiger partial charge in [0.25, 0.3) is 0 Å². The van der Waals surface area contributed by atoms with Gasteiger partial charge in [0, 0.05) is 0 Å². The quantitative estimate of drug-likeness (QED) is 0.789. The molecule has 2 rings (SSSR count). The number of para-hydroxylation sites is 1. The van der Waals surface area contributed by atoms with Crippen LogP contribution in [0.2, 0.25) is 0 Å². The topological polar surface area (TPSA) is 9.23 Å². The molecule has 0 aliphatic carbocycles. The molecule has 78 valence electrons. The lowest BCUT2D eigenvalue weighted by atomic mass is 10.3. The van der Waals surface area contributed by atoms with Crippen LogP contribution in [0.25, 0.3) is 0 Å². The summed E-state index contributed by atoms with van der Waals surface area (Å²) in [6.45, 7) is 0. The molecule has 0 saturated carbocycles. The van der Waals surface area contributed by atoms with Gasteiger partial charge in [0.15, 0.2) is 11.6 Å². The first-order valence-electron chi connectivity index (χ1n) is 4.87. The van der Waals surface area contributed by atoms with Crippen LogP contribution in [0.4, 0.5) is 4.39 Å². The van der Waals surface area contributed by atoms with Crippen LogP contribution in [0, 0.1) is 5.82 Å². The van der Waals surface area contributed by atoms with E-state index in [0.29, 0.717) is 5.75 Å². The molecule has 0 spiro atoms. The van der Waals surface area contributed by atoms with E-state index in [1.54, 1.807) is 24.3 Å². The molecular formula is C12H8BrFMgO. The molecule has 0 aromatic heterocycles. The molecule has 0 aliphatic rings. The highest BCUT2D eigenvalue weighted by atomic mass is 79.9. The fourth-order valence-corrected chi connectivity index (χ4v) is 2.84. The molecule has 4 heteroatoms. The standard InChI is InChI=1S/C12H8FO.BrH.Mg/c13-11-8-4-5-9-12(11)14-10-6-2-1-3-7-10;;/h1-4,6-9H;1H;/q;;+1/p-1. The van der Waals surface area contributed by atoms with Gasteiger partial charge in [0.1, 0.15) is 5.75 Å². The van der Waals surface area contributed by atoms with E-state index in [1.807, 2.05) is 18.2 Å². The van der Waals surface area contributed by atoms with Crippen molar-refractivity contribution in [3.05, 3.63) is 54.3 Å². The van der Waals surface area contributed by atoms with Crippen LogP contribution < -0.4 is 8.43 Å². The van der Waals surface area contributed by atoms with E-state index < -0.39 is 18.2 Å². The van der Waals surface area contributed by atoms with E-state index in [4.69, 9.17) is 4.74 Å². The van der Waals surface area contributed by atoms with Crippen molar-refractivity contribution in [2.45, 2.75) is 0 Å². The Bertz CT molecular complexity index is 476. The van der Waals surface area contributed by atoms with Crippen LogP contribution in [-0.4, -0.2) is 18.2 Å². The highest BCUT2D eigenvalue weighted by molar-refractivity contribution is 9.23. The van der Waals surface area contributed by atoms with E-state index in [1.165, 1.54) is 6.07 Å². The summed E-state index contributed by atoms with van der Waals surface area (Å²) < 4.78 is 20.1. The zero-order valence-electron chi connectivity index (χ0n) is 8.49. The summed E-state index contributed by atoms with van der Waals surface area (Å²) in [6.07, 6.45) is 0. The van der Waals surface area contributed by atoms with Crippen molar-refractivity contribution in [2.24, 2.45) is 0 Å². The average molecular weight is 291 g/mol. The van der Waals surface area contributed by atoms with Gasteiger partial charge in [0.05, 0.1) is 0 Å². The maximum atomic E-state index is 13.5. The molecule has 16 heavy (non-hydrogen) atoms. The third-order valence-corrected chi connectivity index (χ3v) is 4.81. The van der Waals surface area contributed by atoms with Gasteiger partial charge >= 0.3 is 18.2 Å². The number of ether oxygens (including phenoxy) is 1. The maximum absolute atomic E-state index is 13.5. The lowest BCUT2D eigenvalue weighted by Crippen LogP contribution is -2.08. The van der Waals surface area contributed by atoms with Crippen LogP contribution in [0.5, 0.6) is 11.5 Å². The largest absolute Gasteiger partial charge is 0.506 e. The number of hydrogen-bond acceptors (Lipinski definition) is 1. The lowest BCUT2D eigenvalue weighted by Gasteiger charge is -2.07. The average Bonchev–Trinajstić information content (AvgIpc) is 2.33. The van der Waals surface area contributed by atoms with Gasteiger partial charge in [-0.05, 0) is 24.3 Å². The Balaban J connectivity index is 2.27. The Kier molecular flexibility index (Phi) is 4.20. The second-order valence-electron chi connectivity index (χ2n) is 3.31. The molecule has 0 radical (unpaired) electrons. The third-order valence-electron chi connectivity index (χ3n) is 2.12. The Morgan fingerprint density at radius 3 is 2.50 bits per heavy atom. The summed E-state index contributed by atoms with van der Waals surface area (Å²) in [5.41, 5.74) is 0. The molecule has 0 fully saturated rings. The molecule has 1 nitrogen and oxygen atoms in total. The molecule has 2 aromatic carbocycles. The van der Waals surface area contributed by atoms with Crippen molar-refractivity contribution in [1.82, 2.24) is 0 Å². The van der Waals surface area contributed by atoms with Gasteiger partial charge in [-0.25, -0.2) is 4.39 Å². The van der Waals surface area contributed by atoms with Crippen LogP contribution in [0.15, 0.2) is 48.5 Å². The molecule has 0 bridgehead atoms. The Hall–Kier alpha value is -0.584. The third kappa shape index (κ3) is 2.96. The van der Waals surface area contributed by atoms with Gasteiger partial charge in [-0.15, -0.1) is 3.69 Å². The fourth-order valence-electron chi connectivity index (χ4n) is 1.32. The van der Waals surface area contributed by atoms with Crippen molar-refractivity contribution >= 4 is 34.8 Å². The SMILES string of the molecule is Fc1cc[c]([Mg][Br])cc1Oc1ccccc1. The molecule has 0 amide bonds. The van der Waals surface area contributed by atoms with E-state index in [9.17, 15) is 4.39 Å². The van der Waals surface area contributed by atoms with E-state index >= 15 is 0 Å². The molecule has 0 heterocycles. The van der Waals surface area contributed by atoms with Gasteiger partial charge in [-0.3, -0.25) is 12.9 Å². The van der Waals surface area contributed by atoms with Crippen molar-refractivity contribution in [3.8, 4) is 11.5 Å². The minimum Gasteiger partial charge on any atom is -0.454 e. The zero-order valence-corrected chi connectivity index (χ0v) is 11.5. The van der Waals surface area contributed by atoms with Gasteiger partial charge in [0.2, 0.25) is 0 Å². The second-order valence-corrected chi connectivity index (χ2v) is 6.08. The van der Waals surface area contributed by atoms with Crippen molar-refractivity contribution < 1.29 is 9.13 Å². The summed E-state index contributed by atoms with van der Waals surface area (Å²) in [5.74, 6) is 0.605. The van der Waals surface area contributed by atoms with E-state index in [0.717, 1.165) is 3.69 Å². The highest BCUT2D eigenvalue weighted by Crippen LogP contribution is 2.22. The van der Waals surface area contributed by atoms with Crippen LogP contribution in [0.1, 0.15) is 0 Å². The molecule has 0 unspecified atom stereocenters. The second kappa shape index (κ2) is 5.66. The number of benzene rings is 2. The minimum absolute atomic E-state index is 0.288. The molecule has 0 aliphatic heterocycles. The Morgan fingerprint density at radius 1 is 1.06 bits per heavy atom. The first kappa shape index (κ1) is 11.9. The van der Waals surface area contributed by atoms with Crippen LogP contribution in [0.3, 0.4) is 0 Å². The number of hydrogen-bond donors (Lipinski definition) is 0. The molecule has 0 saturated heterocycles. The normalized spacial score (nSPS) is 9.62. The molecule has 0 atom stereocenters. The van der Waals surface area contributed by atoms with Crippen LogP contribution >= 0.6 is 12.9 Å². The monoisotopic (exact) mass is 290 g/mol. The summed E-state index contributed by atoms with van der Waals surface area (Å²) in [7, 11) is 0. The predicted molar refractivity (Wildman–Crippen MR) is 67.2 cm³/mol. The van der Waals surface area contributed by atoms with E-state index in [-0.39, 0.29) is 11.6 Å². The van der Waals surface area contributed by atoms with E-state index in [2.05, 4.69) is 12.9 Å². The number of rotatable bonds is 3. The van der Waals surface area contributed by atoms with Gasteiger partial charge < -0.3 is 4.74 Å². The smallest absolute Gasteiger partial charge is 0.454 e. The van der Waals surface area contributed by atoms with Crippen LogP contribution in [-0.2, 0) is 0 Å². The zero-order chi connectivity index (χ0) is 11.4. The highest BCUT2D eigenvalue weighted by Gasteiger charge is 2.06. The van der Waals surface area contributed by atoms with Gasteiger partial charge in [-0.2, -0.15) is 0 Å². The summed E-state index contributed by atoms with van der Waals surface area (Å²) in [6, 6.07) is 14.2. The Morgan fingerprint density at radius 2 is 1.81 bits per heavy atom. The summed E-state index contributed by atoms with van der Waals surface area (Å²) in [5, 5.41) is 0. The summed E-state index contributed by atoms with van der Waals surface area (Å²) >= 11 is 2.99. The fraction of sp³-hybridized carbons (Fsp3) is 0. The van der Waals surface area contributed by atoms with Gasteiger partial charge in [-0.1, -0.05) is 24.3 Å². The first-order valence-corrected chi connectivity index (χ1v) is 9.47. The lowest BCUT2D eigenvalue weighted by molar-refractivity contribution is 0.443.